The average molecular weight is 339 g/mol. The van der Waals surface area contributed by atoms with E-state index in [2.05, 4.69) is 16.7 Å². The van der Waals surface area contributed by atoms with Crippen LogP contribution >= 0.6 is 0 Å². The molecule has 2 amide bonds. The summed E-state index contributed by atoms with van der Waals surface area (Å²) < 4.78 is 0. The SMILES string of the molecule is CCNC(=O)c1cccc(NC(=O)CN(C)c2ccc(C)cc2C)c1. The Bertz CT molecular complexity index is 771. The molecule has 0 aliphatic carbocycles. The van der Waals surface area contributed by atoms with Crippen LogP contribution in [0.5, 0.6) is 0 Å². The van der Waals surface area contributed by atoms with Crippen LogP contribution in [0, 0.1) is 13.8 Å². The Kier molecular flexibility index (Phi) is 6.17. The Labute approximate surface area is 149 Å². The molecule has 2 aromatic rings. The first-order chi connectivity index (χ1) is 11.9. The largest absolute Gasteiger partial charge is 0.365 e. The summed E-state index contributed by atoms with van der Waals surface area (Å²) in [5.74, 6) is -0.276. The van der Waals surface area contributed by atoms with Crippen LogP contribution in [0.15, 0.2) is 42.5 Å². The molecule has 0 atom stereocenters. The van der Waals surface area contributed by atoms with Crippen LogP contribution in [0.25, 0.3) is 0 Å². The monoisotopic (exact) mass is 339 g/mol. The fraction of sp³-hybridized carbons (Fsp3) is 0.300. The van der Waals surface area contributed by atoms with Gasteiger partial charge in [-0.3, -0.25) is 9.59 Å². The molecule has 2 N–H and O–H groups in total. The summed E-state index contributed by atoms with van der Waals surface area (Å²) in [6.07, 6.45) is 0. The van der Waals surface area contributed by atoms with Crippen molar-refractivity contribution in [2.45, 2.75) is 20.8 Å². The van der Waals surface area contributed by atoms with Gasteiger partial charge >= 0.3 is 0 Å². The van der Waals surface area contributed by atoms with Crippen molar-refractivity contribution >= 4 is 23.2 Å². The lowest BCUT2D eigenvalue weighted by molar-refractivity contribution is -0.114. The smallest absolute Gasteiger partial charge is 0.251 e. The van der Waals surface area contributed by atoms with Crippen LogP contribution < -0.4 is 15.5 Å². The Morgan fingerprint density at radius 1 is 1.08 bits per heavy atom. The number of aryl methyl sites for hydroxylation is 2. The highest BCUT2D eigenvalue weighted by Crippen LogP contribution is 2.20. The Morgan fingerprint density at radius 2 is 1.84 bits per heavy atom. The summed E-state index contributed by atoms with van der Waals surface area (Å²) in [7, 11) is 1.89. The van der Waals surface area contributed by atoms with Crippen LogP contribution in [-0.4, -0.2) is 32.0 Å². The Hall–Kier alpha value is -2.82. The molecule has 0 spiro atoms. The van der Waals surface area contributed by atoms with Gasteiger partial charge in [0.25, 0.3) is 5.91 Å². The molecule has 0 aliphatic rings. The van der Waals surface area contributed by atoms with Gasteiger partial charge in [0, 0.05) is 30.5 Å². The van der Waals surface area contributed by atoms with Gasteiger partial charge in [0.2, 0.25) is 5.91 Å². The van der Waals surface area contributed by atoms with E-state index in [0.29, 0.717) is 17.8 Å². The zero-order valence-electron chi connectivity index (χ0n) is 15.2. The molecule has 0 heterocycles. The molecule has 2 aromatic carbocycles. The van der Waals surface area contributed by atoms with Gasteiger partial charge in [-0.05, 0) is 50.6 Å². The summed E-state index contributed by atoms with van der Waals surface area (Å²) in [4.78, 5) is 26.1. The van der Waals surface area contributed by atoms with Gasteiger partial charge in [-0.1, -0.05) is 23.8 Å². The van der Waals surface area contributed by atoms with E-state index in [1.807, 2.05) is 44.9 Å². The summed E-state index contributed by atoms with van der Waals surface area (Å²) in [6.45, 7) is 6.75. The van der Waals surface area contributed by atoms with Gasteiger partial charge in [-0.2, -0.15) is 0 Å². The van der Waals surface area contributed by atoms with Crippen molar-refractivity contribution in [2.24, 2.45) is 0 Å². The molecule has 0 fully saturated rings. The third-order valence-corrected chi connectivity index (χ3v) is 3.89. The minimum Gasteiger partial charge on any atom is -0.365 e. The normalized spacial score (nSPS) is 10.2. The Balaban J connectivity index is 2.02. The second-order valence-corrected chi connectivity index (χ2v) is 6.13. The molecular weight excluding hydrogens is 314 g/mol. The van der Waals surface area contributed by atoms with Crippen molar-refractivity contribution < 1.29 is 9.59 Å². The van der Waals surface area contributed by atoms with Gasteiger partial charge in [0.1, 0.15) is 0 Å². The summed E-state index contributed by atoms with van der Waals surface area (Å²) in [6, 6.07) is 13.1. The van der Waals surface area contributed by atoms with Gasteiger partial charge < -0.3 is 15.5 Å². The van der Waals surface area contributed by atoms with E-state index in [4.69, 9.17) is 0 Å². The quantitative estimate of drug-likeness (QED) is 0.850. The van der Waals surface area contributed by atoms with Gasteiger partial charge in [0.05, 0.1) is 6.54 Å². The molecule has 132 valence electrons. The van der Waals surface area contributed by atoms with Crippen molar-refractivity contribution in [2.75, 3.05) is 30.4 Å². The number of anilines is 2. The van der Waals surface area contributed by atoms with Crippen molar-refractivity contribution in [3.63, 3.8) is 0 Å². The minimum absolute atomic E-state index is 0.129. The standard InChI is InChI=1S/C20H25N3O2/c1-5-21-20(25)16-7-6-8-17(12-16)22-19(24)13-23(4)18-10-9-14(2)11-15(18)3/h6-12H,5,13H2,1-4H3,(H,21,25)(H,22,24). The lowest BCUT2D eigenvalue weighted by Gasteiger charge is -2.21. The summed E-state index contributed by atoms with van der Waals surface area (Å²) in [5.41, 5.74) is 4.50. The predicted molar refractivity (Wildman–Crippen MR) is 102 cm³/mol. The highest BCUT2D eigenvalue weighted by molar-refractivity contribution is 5.98. The van der Waals surface area contributed by atoms with E-state index in [0.717, 1.165) is 11.3 Å². The minimum atomic E-state index is -0.147. The fourth-order valence-electron chi connectivity index (χ4n) is 2.74. The molecule has 0 unspecified atom stereocenters. The molecule has 2 rings (SSSR count). The maximum absolute atomic E-state index is 12.3. The van der Waals surface area contributed by atoms with Crippen molar-refractivity contribution in [3.05, 3.63) is 59.2 Å². The number of amides is 2. The fourth-order valence-corrected chi connectivity index (χ4v) is 2.74. The zero-order valence-corrected chi connectivity index (χ0v) is 15.2. The predicted octanol–water partition coefficient (Wildman–Crippen LogP) is 3.13. The maximum Gasteiger partial charge on any atom is 0.251 e. The first-order valence-electron chi connectivity index (χ1n) is 8.37. The van der Waals surface area contributed by atoms with E-state index in [-0.39, 0.29) is 18.4 Å². The molecule has 0 aromatic heterocycles. The molecule has 0 saturated heterocycles. The molecule has 25 heavy (non-hydrogen) atoms. The molecule has 0 bridgehead atoms. The van der Waals surface area contributed by atoms with E-state index >= 15 is 0 Å². The first kappa shape index (κ1) is 18.5. The van der Waals surface area contributed by atoms with E-state index in [9.17, 15) is 9.59 Å². The number of rotatable bonds is 6. The zero-order chi connectivity index (χ0) is 18.4. The molecule has 0 radical (unpaired) electrons. The lowest BCUT2D eigenvalue weighted by atomic mass is 10.1. The molecular formula is C20H25N3O2. The van der Waals surface area contributed by atoms with Crippen LogP contribution in [0.2, 0.25) is 0 Å². The number of benzene rings is 2. The van der Waals surface area contributed by atoms with Crippen LogP contribution in [0.4, 0.5) is 11.4 Å². The summed E-state index contributed by atoms with van der Waals surface area (Å²) >= 11 is 0. The average Bonchev–Trinajstić information content (AvgIpc) is 2.55. The molecule has 5 heteroatoms. The molecule has 0 aliphatic heterocycles. The van der Waals surface area contributed by atoms with E-state index in [1.165, 1.54) is 5.56 Å². The van der Waals surface area contributed by atoms with E-state index < -0.39 is 0 Å². The number of hydrogen-bond donors (Lipinski definition) is 2. The van der Waals surface area contributed by atoms with E-state index in [1.54, 1.807) is 24.3 Å². The van der Waals surface area contributed by atoms with Gasteiger partial charge in [-0.25, -0.2) is 0 Å². The highest BCUT2D eigenvalue weighted by atomic mass is 16.2. The number of hydrogen-bond acceptors (Lipinski definition) is 3. The number of carbonyl (C=O) groups is 2. The molecule has 5 nitrogen and oxygen atoms in total. The van der Waals surface area contributed by atoms with Crippen LogP contribution in [0.3, 0.4) is 0 Å². The van der Waals surface area contributed by atoms with Crippen molar-refractivity contribution in [3.8, 4) is 0 Å². The number of carbonyl (C=O) groups excluding carboxylic acids is 2. The van der Waals surface area contributed by atoms with Crippen molar-refractivity contribution in [1.29, 1.82) is 0 Å². The van der Waals surface area contributed by atoms with Crippen LogP contribution in [0.1, 0.15) is 28.4 Å². The summed E-state index contributed by atoms with van der Waals surface area (Å²) in [5, 5.41) is 5.60. The first-order valence-corrected chi connectivity index (χ1v) is 8.37. The second kappa shape index (κ2) is 8.33. The van der Waals surface area contributed by atoms with Crippen molar-refractivity contribution in [1.82, 2.24) is 5.32 Å². The van der Waals surface area contributed by atoms with Gasteiger partial charge in [-0.15, -0.1) is 0 Å². The maximum atomic E-state index is 12.3. The highest BCUT2D eigenvalue weighted by Gasteiger charge is 2.11. The molecule has 0 saturated carbocycles. The Morgan fingerprint density at radius 3 is 2.52 bits per heavy atom. The number of nitrogens with one attached hydrogen (secondary N) is 2. The third-order valence-electron chi connectivity index (χ3n) is 3.89. The second-order valence-electron chi connectivity index (χ2n) is 6.13. The topological polar surface area (TPSA) is 61.4 Å². The van der Waals surface area contributed by atoms with Gasteiger partial charge in [0.15, 0.2) is 0 Å². The third kappa shape index (κ3) is 5.08. The lowest BCUT2D eigenvalue weighted by Crippen LogP contribution is -2.30. The number of nitrogens with zero attached hydrogens (tertiary/aromatic N) is 1. The van der Waals surface area contributed by atoms with Crippen LogP contribution in [-0.2, 0) is 4.79 Å². The number of likely N-dealkylation sites (N-methyl/N-ethyl adjacent to an activating group) is 1.